The van der Waals surface area contributed by atoms with E-state index in [9.17, 15) is 14.4 Å². The fraction of sp³-hybridized carbons (Fsp3) is 0.222. The summed E-state index contributed by atoms with van der Waals surface area (Å²) in [6.07, 6.45) is 0. The Morgan fingerprint density at radius 3 is 1.83 bits per heavy atom. The summed E-state index contributed by atoms with van der Waals surface area (Å²) in [7, 11) is 2.79. The summed E-state index contributed by atoms with van der Waals surface area (Å²) >= 11 is 12.3. The second-order valence-corrected chi connectivity index (χ2v) is 9.55. The molecule has 0 spiro atoms. The summed E-state index contributed by atoms with van der Waals surface area (Å²) in [6, 6.07) is 19.5. The molecule has 1 N–H and O–H groups in total. The highest BCUT2D eigenvalue weighted by Crippen LogP contribution is 2.52. The van der Waals surface area contributed by atoms with Gasteiger partial charge in [-0.15, -0.1) is 0 Å². The Morgan fingerprint density at radius 2 is 1.36 bits per heavy atom. The van der Waals surface area contributed by atoms with Crippen molar-refractivity contribution in [1.82, 2.24) is 5.32 Å². The van der Waals surface area contributed by atoms with Gasteiger partial charge in [-0.05, 0) is 59.7 Å². The van der Waals surface area contributed by atoms with Gasteiger partial charge in [-0.1, -0.05) is 47.5 Å². The molecule has 0 aromatic heterocycles. The van der Waals surface area contributed by atoms with Crippen LogP contribution < -0.4 is 15.0 Å². The molecule has 5 rings (SSSR count). The molecule has 2 amide bonds. The minimum Gasteiger partial charge on any atom is -0.497 e. The number of methoxy groups -OCH3 is 2. The number of esters is 1. The average molecular weight is 525 g/mol. The van der Waals surface area contributed by atoms with Crippen LogP contribution in [0.15, 0.2) is 72.8 Å². The predicted octanol–water partition coefficient (Wildman–Crippen LogP) is 4.20. The van der Waals surface area contributed by atoms with Crippen molar-refractivity contribution in [2.75, 3.05) is 19.1 Å². The minimum absolute atomic E-state index is 0.393. The van der Waals surface area contributed by atoms with Crippen molar-refractivity contribution in [1.29, 1.82) is 0 Å². The van der Waals surface area contributed by atoms with Gasteiger partial charge in [0.2, 0.25) is 11.8 Å². The fourth-order valence-corrected chi connectivity index (χ4v) is 5.60. The van der Waals surface area contributed by atoms with Gasteiger partial charge in [0.1, 0.15) is 11.8 Å². The van der Waals surface area contributed by atoms with Crippen LogP contribution in [0.5, 0.6) is 5.75 Å². The SMILES string of the molecule is COC(=O)[C@@H]1NC(c2ccc(Cl)cc2)(c2ccc(Cl)cc2)[C@@H]2C(=O)N(c3ccc(OC)cc3)C(=O)[C@H]21. The van der Waals surface area contributed by atoms with Crippen LogP contribution in [0.3, 0.4) is 0 Å². The number of amides is 2. The number of benzene rings is 3. The third-order valence-electron chi connectivity index (χ3n) is 6.94. The van der Waals surface area contributed by atoms with Gasteiger partial charge in [0, 0.05) is 10.0 Å². The van der Waals surface area contributed by atoms with E-state index in [0.717, 1.165) is 4.90 Å². The van der Waals surface area contributed by atoms with Crippen LogP contribution in [0.2, 0.25) is 10.0 Å². The molecule has 3 aromatic carbocycles. The molecule has 7 nitrogen and oxygen atoms in total. The molecule has 2 aliphatic rings. The van der Waals surface area contributed by atoms with Gasteiger partial charge in [0.15, 0.2) is 0 Å². The van der Waals surface area contributed by atoms with E-state index in [-0.39, 0.29) is 0 Å². The molecule has 184 valence electrons. The van der Waals surface area contributed by atoms with E-state index in [1.165, 1.54) is 14.2 Å². The zero-order chi connectivity index (χ0) is 25.6. The maximum atomic E-state index is 14.1. The summed E-state index contributed by atoms with van der Waals surface area (Å²) in [5.74, 6) is -2.91. The highest BCUT2D eigenvalue weighted by molar-refractivity contribution is 6.31. The number of hydrogen-bond donors (Lipinski definition) is 1. The molecule has 3 atom stereocenters. The third-order valence-corrected chi connectivity index (χ3v) is 7.45. The van der Waals surface area contributed by atoms with Crippen molar-refractivity contribution in [3.63, 3.8) is 0 Å². The van der Waals surface area contributed by atoms with Gasteiger partial charge in [-0.2, -0.15) is 0 Å². The Hall–Kier alpha value is -3.39. The average Bonchev–Trinajstić information content (AvgIpc) is 3.39. The number of rotatable bonds is 5. The number of imide groups is 1. The van der Waals surface area contributed by atoms with Crippen LogP contribution in [0.1, 0.15) is 11.1 Å². The lowest BCUT2D eigenvalue weighted by molar-refractivity contribution is -0.145. The monoisotopic (exact) mass is 524 g/mol. The van der Waals surface area contributed by atoms with Crippen LogP contribution in [-0.2, 0) is 24.7 Å². The number of carbonyl (C=O) groups is 3. The number of nitrogens with one attached hydrogen (secondary N) is 1. The molecule has 2 saturated heterocycles. The van der Waals surface area contributed by atoms with E-state index in [1.807, 2.05) is 0 Å². The smallest absolute Gasteiger partial charge is 0.323 e. The Labute approximate surface area is 217 Å². The molecule has 2 heterocycles. The van der Waals surface area contributed by atoms with Crippen molar-refractivity contribution >= 4 is 46.7 Å². The topological polar surface area (TPSA) is 84.9 Å². The molecule has 2 fully saturated rings. The van der Waals surface area contributed by atoms with Gasteiger partial charge in [-0.3, -0.25) is 19.7 Å². The Balaban J connectivity index is 1.73. The predicted molar refractivity (Wildman–Crippen MR) is 135 cm³/mol. The van der Waals surface area contributed by atoms with E-state index in [2.05, 4.69) is 5.32 Å². The first-order valence-corrected chi connectivity index (χ1v) is 12.0. The lowest BCUT2D eigenvalue weighted by Gasteiger charge is -2.36. The summed E-state index contributed by atoms with van der Waals surface area (Å²) in [4.78, 5) is 42.1. The fourth-order valence-electron chi connectivity index (χ4n) is 5.34. The normalized spacial score (nSPS) is 22.4. The van der Waals surface area contributed by atoms with Crippen molar-refractivity contribution < 1.29 is 23.9 Å². The van der Waals surface area contributed by atoms with Crippen LogP contribution in [0.25, 0.3) is 0 Å². The minimum atomic E-state index is -1.23. The first kappa shape index (κ1) is 24.3. The first-order chi connectivity index (χ1) is 17.3. The lowest BCUT2D eigenvalue weighted by atomic mass is 9.72. The van der Waals surface area contributed by atoms with E-state index in [0.29, 0.717) is 32.6 Å². The largest absolute Gasteiger partial charge is 0.497 e. The second-order valence-electron chi connectivity index (χ2n) is 8.68. The standard InChI is InChI=1S/C27H22Cl2N2O5/c1-35-20-13-11-19(12-14-20)31-24(32)21-22(25(31)33)27(30-23(21)26(34)36-2,15-3-7-17(28)8-4-15)16-5-9-18(29)10-6-16/h3-14,21-23,30H,1-2H3/t21-,22+,23-/m1/s1. The molecule has 0 bridgehead atoms. The quantitative estimate of drug-likeness (QED) is 0.397. The van der Waals surface area contributed by atoms with Gasteiger partial charge >= 0.3 is 5.97 Å². The van der Waals surface area contributed by atoms with Crippen molar-refractivity contribution in [2.45, 2.75) is 11.6 Å². The van der Waals surface area contributed by atoms with Crippen LogP contribution in [0, 0.1) is 11.8 Å². The number of ether oxygens (including phenoxy) is 2. The summed E-state index contributed by atoms with van der Waals surface area (Å²) < 4.78 is 10.3. The highest BCUT2D eigenvalue weighted by atomic mass is 35.5. The maximum absolute atomic E-state index is 14.1. The number of hydrogen-bond acceptors (Lipinski definition) is 6. The van der Waals surface area contributed by atoms with Crippen LogP contribution in [-0.4, -0.2) is 38.0 Å². The summed E-state index contributed by atoms with van der Waals surface area (Å²) in [5, 5.41) is 4.35. The van der Waals surface area contributed by atoms with Gasteiger partial charge in [0.05, 0.1) is 37.3 Å². The Bertz CT molecular complexity index is 1280. The zero-order valence-corrected chi connectivity index (χ0v) is 20.9. The van der Waals surface area contributed by atoms with Crippen LogP contribution in [0.4, 0.5) is 5.69 Å². The first-order valence-electron chi connectivity index (χ1n) is 11.2. The molecule has 0 unspecified atom stereocenters. The van der Waals surface area contributed by atoms with Crippen molar-refractivity contribution in [2.24, 2.45) is 11.8 Å². The Morgan fingerprint density at radius 1 is 0.833 bits per heavy atom. The summed E-state index contributed by atoms with van der Waals surface area (Å²) in [5.41, 5.74) is 0.513. The third kappa shape index (κ3) is 3.66. The Kier molecular flexibility index (Phi) is 6.24. The van der Waals surface area contributed by atoms with Crippen molar-refractivity contribution in [3.05, 3.63) is 94.0 Å². The number of fused-ring (bicyclic) bond motifs is 1. The number of nitrogens with zero attached hydrogens (tertiary/aromatic N) is 1. The summed E-state index contributed by atoms with van der Waals surface area (Å²) in [6.45, 7) is 0. The molecular weight excluding hydrogens is 503 g/mol. The highest BCUT2D eigenvalue weighted by Gasteiger charge is 2.68. The van der Waals surface area contributed by atoms with E-state index >= 15 is 0 Å². The number of carbonyl (C=O) groups excluding carboxylic acids is 3. The van der Waals surface area contributed by atoms with Gasteiger partial charge < -0.3 is 9.47 Å². The molecule has 0 saturated carbocycles. The lowest BCUT2D eigenvalue weighted by Crippen LogP contribution is -2.51. The second kappa shape index (κ2) is 9.24. The van der Waals surface area contributed by atoms with Gasteiger partial charge in [-0.25, -0.2) is 4.90 Å². The van der Waals surface area contributed by atoms with Crippen LogP contribution >= 0.6 is 23.2 Å². The van der Waals surface area contributed by atoms with E-state index in [1.54, 1.807) is 72.8 Å². The molecular formula is C27H22Cl2N2O5. The maximum Gasteiger partial charge on any atom is 0.323 e. The molecule has 0 aliphatic carbocycles. The number of halogens is 2. The molecule has 0 radical (unpaired) electrons. The zero-order valence-electron chi connectivity index (χ0n) is 19.4. The molecule has 2 aliphatic heterocycles. The molecule has 9 heteroatoms. The van der Waals surface area contributed by atoms with Gasteiger partial charge in [0.25, 0.3) is 0 Å². The number of anilines is 1. The molecule has 3 aromatic rings. The van der Waals surface area contributed by atoms with E-state index in [4.69, 9.17) is 32.7 Å². The van der Waals surface area contributed by atoms with Crippen molar-refractivity contribution in [3.8, 4) is 5.75 Å². The molecule has 36 heavy (non-hydrogen) atoms. The van der Waals surface area contributed by atoms with E-state index < -0.39 is 41.2 Å².